The van der Waals surface area contributed by atoms with Gasteiger partial charge < -0.3 is 10.3 Å². The molecule has 0 radical (unpaired) electrons. The predicted octanol–water partition coefficient (Wildman–Crippen LogP) is 2.52. The highest BCUT2D eigenvalue weighted by molar-refractivity contribution is 7.99. The van der Waals surface area contributed by atoms with Crippen LogP contribution in [-0.2, 0) is 13.0 Å². The summed E-state index contributed by atoms with van der Waals surface area (Å²) in [6.07, 6.45) is 6.62. The Morgan fingerprint density at radius 1 is 1.53 bits per heavy atom. The third-order valence-electron chi connectivity index (χ3n) is 2.28. The fraction of sp³-hybridized carbons (Fsp3) is 0.667. The van der Waals surface area contributed by atoms with Crippen molar-refractivity contribution in [1.82, 2.24) is 4.57 Å². The maximum Gasteiger partial charge on any atom is 0.0227 e. The van der Waals surface area contributed by atoms with Crippen molar-refractivity contribution < 1.29 is 0 Å². The Labute approximate surface area is 97.2 Å². The smallest absolute Gasteiger partial charge is 0.0227 e. The lowest BCUT2D eigenvalue weighted by molar-refractivity contribution is 0.681. The normalized spacial score (nSPS) is 13.0. The van der Waals surface area contributed by atoms with Gasteiger partial charge >= 0.3 is 0 Å². The van der Waals surface area contributed by atoms with Gasteiger partial charge in [0.25, 0.3) is 0 Å². The molecule has 0 aliphatic carbocycles. The van der Waals surface area contributed by atoms with E-state index in [1.54, 1.807) is 0 Å². The minimum Gasteiger partial charge on any atom is -0.354 e. The lowest BCUT2D eigenvalue weighted by atomic mass is 10.1. The third-order valence-corrected chi connectivity index (χ3v) is 3.26. The largest absolute Gasteiger partial charge is 0.354 e. The molecule has 0 aliphatic rings. The molecule has 86 valence electrons. The minimum absolute atomic E-state index is 0.261. The van der Waals surface area contributed by atoms with Gasteiger partial charge in [-0.05, 0) is 42.9 Å². The van der Waals surface area contributed by atoms with Crippen LogP contribution in [0.25, 0.3) is 0 Å². The van der Waals surface area contributed by atoms with Crippen LogP contribution in [0, 0.1) is 0 Å². The fourth-order valence-electron chi connectivity index (χ4n) is 1.62. The second-order valence-electron chi connectivity index (χ2n) is 3.99. The SMILES string of the molecule is CCSCCCn1ccc(CC(C)N)c1. The van der Waals surface area contributed by atoms with Gasteiger partial charge in [-0.3, -0.25) is 0 Å². The number of rotatable bonds is 7. The van der Waals surface area contributed by atoms with E-state index in [0.29, 0.717) is 0 Å². The summed E-state index contributed by atoms with van der Waals surface area (Å²) in [5.41, 5.74) is 7.12. The van der Waals surface area contributed by atoms with Gasteiger partial charge in [-0.1, -0.05) is 6.92 Å². The van der Waals surface area contributed by atoms with E-state index in [4.69, 9.17) is 5.73 Å². The molecule has 1 rings (SSSR count). The second kappa shape index (κ2) is 6.96. The Bertz CT molecular complexity index is 268. The van der Waals surface area contributed by atoms with E-state index >= 15 is 0 Å². The number of aromatic nitrogens is 1. The first-order chi connectivity index (χ1) is 7.22. The molecule has 15 heavy (non-hydrogen) atoms. The van der Waals surface area contributed by atoms with Crippen LogP contribution < -0.4 is 5.73 Å². The van der Waals surface area contributed by atoms with Gasteiger partial charge in [-0.25, -0.2) is 0 Å². The molecule has 0 aromatic carbocycles. The zero-order valence-corrected chi connectivity index (χ0v) is 10.6. The monoisotopic (exact) mass is 226 g/mol. The molecule has 1 atom stereocenters. The van der Waals surface area contributed by atoms with Gasteiger partial charge in [0, 0.05) is 25.0 Å². The van der Waals surface area contributed by atoms with Crippen LogP contribution in [0.15, 0.2) is 18.5 Å². The summed E-state index contributed by atoms with van der Waals surface area (Å²) < 4.78 is 2.27. The van der Waals surface area contributed by atoms with Crippen molar-refractivity contribution in [1.29, 1.82) is 0 Å². The number of nitrogens with two attached hydrogens (primary N) is 1. The van der Waals surface area contributed by atoms with Crippen molar-refractivity contribution >= 4 is 11.8 Å². The van der Waals surface area contributed by atoms with E-state index in [2.05, 4.69) is 36.9 Å². The van der Waals surface area contributed by atoms with Crippen molar-refractivity contribution in [3.63, 3.8) is 0 Å². The summed E-state index contributed by atoms with van der Waals surface area (Å²) in [5, 5.41) is 0. The van der Waals surface area contributed by atoms with Crippen LogP contribution in [0.3, 0.4) is 0 Å². The molecule has 0 saturated carbocycles. The van der Waals surface area contributed by atoms with Crippen LogP contribution in [0.1, 0.15) is 25.8 Å². The molecule has 2 nitrogen and oxygen atoms in total. The molecule has 0 bridgehead atoms. The molecule has 0 aliphatic heterocycles. The molecule has 1 aromatic rings. The molecule has 3 heteroatoms. The number of aryl methyl sites for hydroxylation is 1. The average Bonchev–Trinajstić information content (AvgIpc) is 2.59. The summed E-state index contributed by atoms with van der Waals surface area (Å²) in [6, 6.07) is 2.44. The Morgan fingerprint density at radius 2 is 2.33 bits per heavy atom. The highest BCUT2D eigenvalue weighted by Gasteiger charge is 2.00. The van der Waals surface area contributed by atoms with E-state index in [-0.39, 0.29) is 6.04 Å². The first-order valence-electron chi connectivity index (χ1n) is 5.70. The van der Waals surface area contributed by atoms with E-state index in [9.17, 15) is 0 Å². The maximum absolute atomic E-state index is 5.76. The quantitative estimate of drug-likeness (QED) is 0.724. The van der Waals surface area contributed by atoms with E-state index in [1.165, 1.54) is 23.5 Å². The molecule has 0 spiro atoms. The molecule has 1 heterocycles. The highest BCUT2D eigenvalue weighted by atomic mass is 32.2. The Morgan fingerprint density at radius 3 is 3.00 bits per heavy atom. The van der Waals surface area contributed by atoms with Crippen LogP contribution in [0.5, 0.6) is 0 Å². The molecule has 0 fully saturated rings. The summed E-state index contributed by atoms with van der Waals surface area (Å²) >= 11 is 2.01. The molecule has 0 amide bonds. The van der Waals surface area contributed by atoms with Crippen LogP contribution >= 0.6 is 11.8 Å². The summed E-state index contributed by atoms with van der Waals surface area (Å²) in [6.45, 7) is 5.39. The van der Waals surface area contributed by atoms with Gasteiger partial charge in [0.05, 0.1) is 0 Å². The second-order valence-corrected chi connectivity index (χ2v) is 5.38. The van der Waals surface area contributed by atoms with Crippen molar-refractivity contribution in [2.24, 2.45) is 5.73 Å². The fourth-order valence-corrected chi connectivity index (χ4v) is 2.24. The lowest BCUT2D eigenvalue weighted by Crippen LogP contribution is -2.17. The third kappa shape index (κ3) is 5.28. The molecular weight excluding hydrogens is 204 g/mol. The van der Waals surface area contributed by atoms with E-state index < -0.39 is 0 Å². The van der Waals surface area contributed by atoms with Crippen molar-refractivity contribution in [3.8, 4) is 0 Å². The summed E-state index contributed by atoms with van der Waals surface area (Å²) in [7, 11) is 0. The molecule has 1 aromatic heterocycles. The van der Waals surface area contributed by atoms with Crippen LogP contribution in [0.2, 0.25) is 0 Å². The molecule has 2 N–H and O–H groups in total. The van der Waals surface area contributed by atoms with E-state index in [0.717, 1.165) is 13.0 Å². The first-order valence-corrected chi connectivity index (χ1v) is 6.85. The van der Waals surface area contributed by atoms with Crippen LogP contribution in [0.4, 0.5) is 0 Å². The first kappa shape index (κ1) is 12.7. The lowest BCUT2D eigenvalue weighted by Gasteiger charge is -2.03. The minimum atomic E-state index is 0.261. The average molecular weight is 226 g/mol. The van der Waals surface area contributed by atoms with Gasteiger partial charge in [0.1, 0.15) is 0 Å². The molecular formula is C12H22N2S. The van der Waals surface area contributed by atoms with Gasteiger partial charge in [-0.2, -0.15) is 11.8 Å². The zero-order valence-electron chi connectivity index (χ0n) is 9.78. The van der Waals surface area contributed by atoms with Crippen molar-refractivity contribution in [2.75, 3.05) is 11.5 Å². The number of hydrogen-bond donors (Lipinski definition) is 1. The zero-order chi connectivity index (χ0) is 11.1. The number of nitrogens with zero attached hydrogens (tertiary/aromatic N) is 1. The predicted molar refractivity (Wildman–Crippen MR) is 69.4 cm³/mol. The number of hydrogen-bond acceptors (Lipinski definition) is 2. The standard InChI is InChI=1S/C12H22N2S/c1-3-15-8-4-6-14-7-5-12(10-14)9-11(2)13/h5,7,10-11H,3-4,6,8-9,13H2,1-2H3. The Kier molecular flexibility index (Phi) is 5.88. The summed E-state index contributed by atoms with van der Waals surface area (Å²) in [5.74, 6) is 2.49. The van der Waals surface area contributed by atoms with Gasteiger partial charge in [-0.15, -0.1) is 0 Å². The maximum atomic E-state index is 5.76. The van der Waals surface area contributed by atoms with Crippen molar-refractivity contribution in [2.45, 2.75) is 39.3 Å². The van der Waals surface area contributed by atoms with E-state index in [1.807, 2.05) is 11.8 Å². The van der Waals surface area contributed by atoms with Gasteiger partial charge in [0.2, 0.25) is 0 Å². The Balaban J connectivity index is 2.26. The molecule has 1 unspecified atom stereocenters. The number of thioether (sulfide) groups is 1. The molecule has 0 saturated heterocycles. The Hall–Kier alpha value is -0.410. The summed E-state index contributed by atoms with van der Waals surface area (Å²) in [4.78, 5) is 0. The van der Waals surface area contributed by atoms with Crippen molar-refractivity contribution in [3.05, 3.63) is 24.0 Å². The highest BCUT2D eigenvalue weighted by Crippen LogP contribution is 2.07. The topological polar surface area (TPSA) is 30.9 Å². The van der Waals surface area contributed by atoms with Crippen LogP contribution in [-0.4, -0.2) is 22.1 Å². The van der Waals surface area contributed by atoms with Gasteiger partial charge in [0.15, 0.2) is 0 Å².